The zero-order valence-corrected chi connectivity index (χ0v) is 43.3. The zero-order valence-electron chi connectivity index (χ0n) is 43.3. The van der Waals surface area contributed by atoms with Crippen molar-refractivity contribution in [2.75, 3.05) is 33.5 Å². The molecule has 0 bridgehead atoms. The van der Waals surface area contributed by atoms with Crippen LogP contribution in [0.25, 0.3) is 0 Å². The Bertz CT molecular complexity index is 2080. The van der Waals surface area contributed by atoms with E-state index in [4.69, 9.17) is 56.8 Å². The molecule has 6 aliphatic carbocycles. The molecule has 72 heavy (non-hydrogen) atoms. The van der Waals surface area contributed by atoms with E-state index in [0.717, 1.165) is 70.6 Å². The van der Waals surface area contributed by atoms with Gasteiger partial charge in [0, 0.05) is 0 Å². The lowest BCUT2D eigenvalue weighted by molar-refractivity contribution is -0.170. The van der Waals surface area contributed by atoms with Crippen molar-refractivity contribution in [2.24, 2.45) is 47.3 Å². The van der Waals surface area contributed by atoms with Gasteiger partial charge in [-0.15, -0.1) is 0 Å². The first kappa shape index (κ1) is 52.0. The molecule has 0 aromatic carbocycles. The summed E-state index contributed by atoms with van der Waals surface area (Å²) in [7, 11) is 1.36. The Morgan fingerprint density at radius 1 is 0.472 bits per heavy atom. The number of ether oxygens (including phenoxy) is 12. The van der Waals surface area contributed by atoms with E-state index in [1.165, 1.54) is 7.11 Å². The number of hydrogen-bond donors (Lipinski definition) is 0. The van der Waals surface area contributed by atoms with Crippen LogP contribution in [0, 0.1) is 47.3 Å². The van der Waals surface area contributed by atoms with Gasteiger partial charge in [0.2, 0.25) is 0 Å². The van der Waals surface area contributed by atoms with Crippen molar-refractivity contribution in [1.29, 1.82) is 0 Å². The summed E-state index contributed by atoms with van der Waals surface area (Å²) < 4.78 is 65.5. The van der Waals surface area contributed by atoms with Gasteiger partial charge in [0.25, 0.3) is 0 Å². The normalized spacial score (nSPS) is 46.0. The highest BCUT2D eigenvalue weighted by Crippen LogP contribution is 2.53. The molecular formula is C54H78O18. The second kappa shape index (κ2) is 20.3. The van der Waals surface area contributed by atoms with Gasteiger partial charge in [0.05, 0.1) is 134 Å². The van der Waals surface area contributed by atoms with Crippen molar-refractivity contribution in [3.63, 3.8) is 0 Å². The second-order valence-corrected chi connectivity index (χ2v) is 24.1. The van der Waals surface area contributed by atoms with E-state index in [0.29, 0.717) is 94.6 Å². The van der Waals surface area contributed by atoms with Crippen LogP contribution >= 0.6 is 0 Å². The van der Waals surface area contributed by atoms with Crippen molar-refractivity contribution in [3.05, 3.63) is 0 Å². The van der Waals surface area contributed by atoms with Crippen LogP contribution in [-0.2, 0) is 85.6 Å². The first-order chi connectivity index (χ1) is 34.3. The van der Waals surface area contributed by atoms with Gasteiger partial charge >= 0.3 is 35.8 Å². The zero-order chi connectivity index (χ0) is 50.9. The lowest BCUT2D eigenvalue weighted by atomic mass is 9.79. The maximum Gasteiger partial charge on any atom is 0.347 e. The predicted octanol–water partition coefficient (Wildman–Crippen LogP) is 5.67. The fourth-order valence-corrected chi connectivity index (χ4v) is 13.0. The smallest absolute Gasteiger partial charge is 0.347 e. The van der Waals surface area contributed by atoms with Gasteiger partial charge < -0.3 is 56.8 Å². The summed E-state index contributed by atoms with van der Waals surface area (Å²) in [5.41, 5.74) is 0.211. The maximum atomic E-state index is 12.6. The van der Waals surface area contributed by atoms with Crippen LogP contribution in [-0.4, -0.2) is 147 Å². The summed E-state index contributed by atoms with van der Waals surface area (Å²) in [4.78, 5) is 73.5. The summed E-state index contributed by atoms with van der Waals surface area (Å²) in [6.45, 7) is 13.4. The highest BCUT2D eigenvalue weighted by molar-refractivity contribution is 5.83. The van der Waals surface area contributed by atoms with Crippen molar-refractivity contribution < 1.29 is 85.6 Å². The van der Waals surface area contributed by atoms with E-state index in [1.807, 2.05) is 0 Å². The summed E-state index contributed by atoms with van der Waals surface area (Å²) in [5, 5.41) is 0. The first-order valence-corrected chi connectivity index (χ1v) is 27.3. The molecule has 12 rings (SSSR count). The molecule has 0 aromatic rings. The summed E-state index contributed by atoms with van der Waals surface area (Å²) >= 11 is 0. The van der Waals surface area contributed by atoms with Crippen LogP contribution in [0.1, 0.15) is 144 Å². The number of methoxy groups -OCH3 is 1. The van der Waals surface area contributed by atoms with Crippen LogP contribution in [0.3, 0.4) is 0 Å². The molecule has 12 aliphatic rings. The Morgan fingerprint density at radius 2 is 0.833 bits per heavy atom. The molecule has 6 saturated heterocycles. The van der Waals surface area contributed by atoms with E-state index in [-0.39, 0.29) is 88.7 Å². The van der Waals surface area contributed by atoms with E-state index < -0.39 is 35.7 Å². The van der Waals surface area contributed by atoms with Crippen LogP contribution in [0.5, 0.6) is 0 Å². The number of carbonyl (C=O) groups excluding carboxylic acids is 6. The minimum atomic E-state index is -0.855. The van der Waals surface area contributed by atoms with Crippen LogP contribution < -0.4 is 0 Å². The molecule has 21 unspecified atom stereocenters. The molecule has 21 atom stereocenters. The quantitative estimate of drug-likeness (QED) is 0.116. The fraction of sp³-hybridized carbons (Fsp3) is 0.889. The molecule has 0 aromatic heterocycles. The highest BCUT2D eigenvalue weighted by Gasteiger charge is 2.60. The van der Waals surface area contributed by atoms with Gasteiger partial charge in [-0.25, -0.2) is 4.79 Å². The third-order valence-electron chi connectivity index (χ3n) is 18.8. The molecular weight excluding hydrogens is 937 g/mol. The molecule has 6 aliphatic heterocycles. The lowest BCUT2D eigenvalue weighted by Gasteiger charge is -2.27. The molecule has 0 spiro atoms. The Labute approximate surface area is 422 Å². The molecule has 6 heterocycles. The van der Waals surface area contributed by atoms with Gasteiger partial charge in [-0.05, 0) is 162 Å². The van der Waals surface area contributed by atoms with E-state index in [2.05, 4.69) is 27.7 Å². The van der Waals surface area contributed by atoms with Gasteiger partial charge in [0.1, 0.15) is 0 Å². The molecule has 0 amide bonds. The Balaban J connectivity index is 0.000000124. The monoisotopic (exact) mass is 1010 g/mol. The first-order valence-electron chi connectivity index (χ1n) is 27.3. The van der Waals surface area contributed by atoms with E-state index in [9.17, 15) is 28.8 Å². The number of esters is 6. The lowest BCUT2D eigenvalue weighted by Crippen LogP contribution is -2.38. The average Bonchev–Trinajstić information content (AvgIpc) is 4.08. The molecule has 0 radical (unpaired) electrons. The largest absolute Gasteiger partial charge is 0.469 e. The third-order valence-corrected chi connectivity index (χ3v) is 18.8. The van der Waals surface area contributed by atoms with Crippen LogP contribution in [0.2, 0.25) is 0 Å². The number of carbonyl (C=O) groups is 6. The van der Waals surface area contributed by atoms with Crippen LogP contribution in [0.15, 0.2) is 0 Å². The van der Waals surface area contributed by atoms with Gasteiger partial charge in [-0.3, -0.25) is 24.0 Å². The topological polar surface area (TPSA) is 233 Å². The number of hydrogen-bond acceptors (Lipinski definition) is 18. The third kappa shape index (κ3) is 11.7. The molecule has 12 fully saturated rings. The molecule has 18 heteroatoms. The Kier molecular flexibility index (Phi) is 14.6. The molecule has 402 valence electrons. The maximum absolute atomic E-state index is 12.6. The molecule has 6 saturated carbocycles. The van der Waals surface area contributed by atoms with Crippen LogP contribution in [0.4, 0.5) is 0 Å². The summed E-state index contributed by atoms with van der Waals surface area (Å²) in [6, 6.07) is 0. The average molecular weight is 1020 g/mol. The van der Waals surface area contributed by atoms with Gasteiger partial charge in [0.15, 0.2) is 6.10 Å². The van der Waals surface area contributed by atoms with Gasteiger partial charge in [-0.2, -0.15) is 0 Å². The summed E-state index contributed by atoms with van der Waals surface area (Å²) in [5.74, 6) is -2.76. The van der Waals surface area contributed by atoms with Crippen molar-refractivity contribution in [3.8, 4) is 0 Å². The SMILES string of the molecule is CC(OC(=O)C1CCC2(C)OC2C1)C(=O)OCC1CCC2(C)OC2C1.CCOC(=O)C1CC2OC2CC1C(=O)OCC1CCC2(C)OC2C1.COC(=O)C1CC2OC2CC1C(=O)OCC1CCC2(C)OC2C1. The standard InChI is InChI=1S/C19H28O6.C18H26O6.C17H24O6/c1-11(23-17(21)13-5-7-19(3)15(9-13)25-19)16(20)22-10-12-4-6-18(2)14(8-12)24-18;1-3-21-16(19)11-7-13-14(23-13)8-12(11)17(20)22-9-10-4-5-18(2)15(6-10)24-18;1-17-4-3-9(5-14(17)23-17)8-21-16(19)11-7-13-12(22-13)6-10(11)15(18)20-2/h11-15H,4-10H2,1-3H3;10-15H,3-9H2,1-2H3;9-14H,3-8H2,1-2H3. The predicted molar refractivity (Wildman–Crippen MR) is 249 cm³/mol. The Morgan fingerprint density at radius 3 is 1.21 bits per heavy atom. The Hall–Kier alpha value is -3.42. The van der Waals surface area contributed by atoms with Crippen molar-refractivity contribution >= 4 is 35.8 Å². The van der Waals surface area contributed by atoms with E-state index >= 15 is 0 Å². The van der Waals surface area contributed by atoms with E-state index in [1.54, 1.807) is 13.8 Å². The highest BCUT2D eigenvalue weighted by atomic mass is 16.6. The summed E-state index contributed by atoms with van der Waals surface area (Å²) in [6.07, 6.45) is 14.4. The molecule has 0 N–H and O–H groups in total. The molecule has 18 nitrogen and oxygen atoms in total. The van der Waals surface area contributed by atoms with Crippen molar-refractivity contribution in [1.82, 2.24) is 0 Å². The number of rotatable bonds is 14. The minimum Gasteiger partial charge on any atom is -0.469 e. The second-order valence-electron chi connectivity index (χ2n) is 24.1. The fourth-order valence-electron chi connectivity index (χ4n) is 13.0. The number of fused-ring (bicyclic) bond motifs is 6. The minimum absolute atomic E-state index is 0.0251. The van der Waals surface area contributed by atoms with Crippen molar-refractivity contribution in [2.45, 2.75) is 222 Å². The number of epoxide rings is 6. The van der Waals surface area contributed by atoms with Gasteiger partial charge in [-0.1, -0.05) is 0 Å².